The quantitative estimate of drug-likeness (QED) is 0.715. The lowest BCUT2D eigenvalue weighted by molar-refractivity contribution is 0.112. The largest absolute Gasteiger partial charge is 0.491 e. The highest BCUT2D eigenvalue weighted by Crippen LogP contribution is 2.15. The zero-order chi connectivity index (χ0) is 11.5. The van der Waals surface area contributed by atoms with E-state index in [1.165, 1.54) is 6.20 Å². The van der Waals surface area contributed by atoms with E-state index in [0.29, 0.717) is 23.7 Å². The molecule has 2 aromatic rings. The van der Waals surface area contributed by atoms with E-state index >= 15 is 0 Å². The Hall–Kier alpha value is -2.11. The molecule has 0 bridgehead atoms. The standard InChI is InChI=1S/C10H12N4O2/c1-3-16-9-5-12-14(6-9)10-8(7-15)4-11-13(10)2/h4-7H,3H2,1-2H3. The molecule has 0 N–H and O–H groups in total. The minimum absolute atomic E-state index is 0.494. The van der Waals surface area contributed by atoms with Crippen LogP contribution >= 0.6 is 0 Å². The molecule has 0 aromatic carbocycles. The first-order valence-corrected chi connectivity index (χ1v) is 4.91. The molecule has 0 saturated heterocycles. The second-order valence-corrected chi connectivity index (χ2v) is 3.22. The fourth-order valence-electron chi connectivity index (χ4n) is 1.48. The van der Waals surface area contributed by atoms with Gasteiger partial charge in [0, 0.05) is 7.05 Å². The van der Waals surface area contributed by atoms with Gasteiger partial charge in [0.2, 0.25) is 0 Å². The van der Waals surface area contributed by atoms with E-state index in [1.54, 1.807) is 28.8 Å². The Morgan fingerprint density at radius 3 is 2.94 bits per heavy atom. The lowest BCUT2D eigenvalue weighted by atomic mass is 10.4. The maximum Gasteiger partial charge on any atom is 0.162 e. The third kappa shape index (κ3) is 1.69. The minimum atomic E-state index is 0.494. The van der Waals surface area contributed by atoms with Crippen molar-refractivity contribution in [1.82, 2.24) is 19.6 Å². The highest BCUT2D eigenvalue weighted by atomic mass is 16.5. The molecule has 0 aliphatic carbocycles. The average molecular weight is 220 g/mol. The van der Waals surface area contributed by atoms with Gasteiger partial charge in [-0.1, -0.05) is 0 Å². The monoisotopic (exact) mass is 220 g/mol. The van der Waals surface area contributed by atoms with Crippen LogP contribution in [0.5, 0.6) is 5.75 Å². The Labute approximate surface area is 92.4 Å². The molecule has 0 spiro atoms. The first-order chi connectivity index (χ1) is 7.76. The molecule has 6 nitrogen and oxygen atoms in total. The van der Waals surface area contributed by atoms with Gasteiger partial charge in [-0.3, -0.25) is 9.48 Å². The Kier molecular flexibility index (Phi) is 2.72. The van der Waals surface area contributed by atoms with Crippen LogP contribution in [0.15, 0.2) is 18.6 Å². The van der Waals surface area contributed by atoms with E-state index < -0.39 is 0 Å². The molecule has 6 heteroatoms. The van der Waals surface area contributed by atoms with Gasteiger partial charge >= 0.3 is 0 Å². The lowest BCUT2D eigenvalue weighted by Gasteiger charge is -2.02. The van der Waals surface area contributed by atoms with Crippen molar-refractivity contribution in [3.63, 3.8) is 0 Å². The third-order valence-electron chi connectivity index (χ3n) is 2.15. The first-order valence-electron chi connectivity index (χ1n) is 4.91. The summed E-state index contributed by atoms with van der Waals surface area (Å²) in [5.41, 5.74) is 0.494. The molecule has 0 aliphatic rings. The molecule has 0 atom stereocenters. The summed E-state index contributed by atoms with van der Waals surface area (Å²) in [6, 6.07) is 0. The SMILES string of the molecule is CCOc1cnn(-c2c(C=O)cnn2C)c1. The Bertz CT molecular complexity index is 501. The van der Waals surface area contributed by atoms with Crippen LogP contribution in [0.2, 0.25) is 0 Å². The molecule has 0 unspecified atom stereocenters. The highest BCUT2D eigenvalue weighted by molar-refractivity contribution is 5.79. The number of aldehydes is 1. The van der Waals surface area contributed by atoms with Crippen LogP contribution in [0.1, 0.15) is 17.3 Å². The number of carbonyl (C=O) groups is 1. The van der Waals surface area contributed by atoms with E-state index in [9.17, 15) is 4.79 Å². The van der Waals surface area contributed by atoms with Crippen LogP contribution in [-0.2, 0) is 7.05 Å². The van der Waals surface area contributed by atoms with E-state index in [4.69, 9.17) is 4.74 Å². The van der Waals surface area contributed by atoms with E-state index in [-0.39, 0.29) is 0 Å². The van der Waals surface area contributed by atoms with Gasteiger partial charge in [-0.25, -0.2) is 4.68 Å². The number of ether oxygens (including phenoxy) is 1. The molecule has 84 valence electrons. The summed E-state index contributed by atoms with van der Waals surface area (Å²) in [6.45, 7) is 2.48. The van der Waals surface area contributed by atoms with Gasteiger partial charge < -0.3 is 4.74 Å². The summed E-state index contributed by atoms with van der Waals surface area (Å²) < 4.78 is 8.46. The summed E-state index contributed by atoms with van der Waals surface area (Å²) in [5.74, 6) is 1.29. The number of hydrogen-bond donors (Lipinski definition) is 0. The zero-order valence-electron chi connectivity index (χ0n) is 9.12. The maximum absolute atomic E-state index is 10.8. The number of aromatic nitrogens is 4. The summed E-state index contributed by atoms with van der Waals surface area (Å²) >= 11 is 0. The molecule has 0 fully saturated rings. The molecule has 2 aromatic heterocycles. The molecular formula is C10H12N4O2. The Morgan fingerprint density at radius 1 is 1.44 bits per heavy atom. The number of hydrogen-bond acceptors (Lipinski definition) is 4. The fourth-order valence-corrected chi connectivity index (χ4v) is 1.48. The number of carbonyl (C=O) groups excluding carboxylic acids is 1. The molecule has 2 heterocycles. The van der Waals surface area contributed by atoms with Crippen molar-refractivity contribution in [3.8, 4) is 11.6 Å². The molecule has 0 aliphatic heterocycles. The number of aryl methyl sites for hydroxylation is 1. The zero-order valence-corrected chi connectivity index (χ0v) is 9.12. The minimum Gasteiger partial charge on any atom is -0.491 e. The predicted octanol–water partition coefficient (Wildman–Crippen LogP) is 0.817. The van der Waals surface area contributed by atoms with Crippen LogP contribution in [0.25, 0.3) is 5.82 Å². The van der Waals surface area contributed by atoms with Crippen molar-refractivity contribution in [1.29, 1.82) is 0 Å². The van der Waals surface area contributed by atoms with Crippen molar-refractivity contribution < 1.29 is 9.53 Å². The van der Waals surface area contributed by atoms with Crippen molar-refractivity contribution in [2.75, 3.05) is 6.61 Å². The molecule has 2 rings (SSSR count). The van der Waals surface area contributed by atoms with E-state index in [0.717, 1.165) is 6.29 Å². The smallest absolute Gasteiger partial charge is 0.162 e. The predicted molar refractivity (Wildman–Crippen MR) is 56.9 cm³/mol. The topological polar surface area (TPSA) is 61.9 Å². The van der Waals surface area contributed by atoms with Crippen molar-refractivity contribution in [2.24, 2.45) is 7.05 Å². The highest BCUT2D eigenvalue weighted by Gasteiger charge is 2.11. The van der Waals surface area contributed by atoms with Gasteiger partial charge in [0.15, 0.2) is 17.9 Å². The molecule has 0 amide bonds. The van der Waals surface area contributed by atoms with E-state index in [1.807, 2.05) is 6.92 Å². The van der Waals surface area contributed by atoms with E-state index in [2.05, 4.69) is 10.2 Å². The summed E-state index contributed by atoms with van der Waals surface area (Å²) in [5, 5.41) is 8.12. The van der Waals surface area contributed by atoms with Crippen LogP contribution in [-0.4, -0.2) is 32.5 Å². The van der Waals surface area contributed by atoms with Gasteiger partial charge in [0.1, 0.15) is 0 Å². The summed E-state index contributed by atoms with van der Waals surface area (Å²) in [6.07, 6.45) is 5.58. The average Bonchev–Trinajstić information content (AvgIpc) is 2.85. The van der Waals surface area contributed by atoms with Gasteiger partial charge in [-0.2, -0.15) is 10.2 Å². The van der Waals surface area contributed by atoms with Gasteiger partial charge in [-0.15, -0.1) is 0 Å². The molecule has 0 saturated carbocycles. The molecule has 16 heavy (non-hydrogen) atoms. The fraction of sp³-hybridized carbons (Fsp3) is 0.300. The maximum atomic E-state index is 10.8. The van der Waals surface area contributed by atoms with Crippen LogP contribution in [0, 0.1) is 0 Å². The normalized spacial score (nSPS) is 10.4. The first kappa shape index (κ1) is 10.4. The third-order valence-corrected chi connectivity index (χ3v) is 2.15. The van der Waals surface area contributed by atoms with Crippen LogP contribution in [0.3, 0.4) is 0 Å². The van der Waals surface area contributed by atoms with Crippen molar-refractivity contribution in [2.45, 2.75) is 6.92 Å². The van der Waals surface area contributed by atoms with Crippen molar-refractivity contribution in [3.05, 3.63) is 24.2 Å². The summed E-state index contributed by atoms with van der Waals surface area (Å²) in [7, 11) is 1.75. The van der Waals surface area contributed by atoms with Gasteiger partial charge in [-0.05, 0) is 6.92 Å². The molecular weight excluding hydrogens is 208 g/mol. The van der Waals surface area contributed by atoms with Crippen molar-refractivity contribution >= 4 is 6.29 Å². The van der Waals surface area contributed by atoms with Gasteiger partial charge in [0.05, 0.1) is 30.8 Å². The Balaban J connectivity index is 2.41. The Morgan fingerprint density at radius 2 is 2.25 bits per heavy atom. The molecule has 0 radical (unpaired) electrons. The van der Waals surface area contributed by atoms with Gasteiger partial charge in [0.25, 0.3) is 0 Å². The second-order valence-electron chi connectivity index (χ2n) is 3.22. The van der Waals surface area contributed by atoms with Crippen LogP contribution in [0.4, 0.5) is 0 Å². The second kappa shape index (κ2) is 4.18. The van der Waals surface area contributed by atoms with Crippen LogP contribution < -0.4 is 4.74 Å². The number of nitrogens with zero attached hydrogens (tertiary/aromatic N) is 4. The summed E-state index contributed by atoms with van der Waals surface area (Å²) in [4.78, 5) is 10.8. The lowest BCUT2D eigenvalue weighted by Crippen LogP contribution is -2.05. The number of rotatable bonds is 4.